The maximum absolute atomic E-state index is 12.3. The molecule has 0 amide bonds. The molecule has 0 bridgehead atoms. The molecule has 0 aliphatic carbocycles. The van der Waals surface area contributed by atoms with E-state index in [0.717, 1.165) is 11.4 Å². The number of benzene rings is 1. The maximum atomic E-state index is 12.3. The minimum Gasteiger partial charge on any atom is -0.369 e. The first-order chi connectivity index (χ1) is 12.8. The van der Waals surface area contributed by atoms with Gasteiger partial charge in [0.2, 0.25) is 10.0 Å². The Morgan fingerprint density at radius 3 is 2.59 bits per heavy atom. The van der Waals surface area contributed by atoms with E-state index in [-0.39, 0.29) is 11.4 Å². The highest BCUT2D eigenvalue weighted by atomic mass is 32.2. The highest BCUT2D eigenvalue weighted by Crippen LogP contribution is 2.13. The predicted octanol–water partition coefficient (Wildman–Crippen LogP) is 1.98. The van der Waals surface area contributed by atoms with Crippen molar-refractivity contribution in [3.05, 3.63) is 59.9 Å². The SMILES string of the molecule is Cc1cccc(S(=O)(=O)NCCNc2cc(-n3ccnc3C)nc(C)n2)c1. The topological polar surface area (TPSA) is 102 Å². The molecule has 3 rings (SSSR count). The zero-order valence-corrected chi connectivity index (χ0v) is 16.3. The molecule has 0 atom stereocenters. The van der Waals surface area contributed by atoms with Gasteiger partial charge in [-0.1, -0.05) is 12.1 Å². The second-order valence-electron chi connectivity index (χ2n) is 6.14. The molecule has 0 aliphatic rings. The molecule has 0 saturated carbocycles. The Morgan fingerprint density at radius 2 is 1.89 bits per heavy atom. The molecule has 3 aromatic rings. The lowest BCUT2D eigenvalue weighted by molar-refractivity contribution is 0.582. The Labute approximate surface area is 158 Å². The first-order valence-electron chi connectivity index (χ1n) is 8.51. The first-order valence-corrected chi connectivity index (χ1v) is 10.00. The van der Waals surface area contributed by atoms with Crippen molar-refractivity contribution in [2.45, 2.75) is 25.7 Å². The van der Waals surface area contributed by atoms with Crippen LogP contribution in [-0.2, 0) is 10.0 Å². The van der Waals surface area contributed by atoms with Crippen LogP contribution in [0.5, 0.6) is 0 Å². The van der Waals surface area contributed by atoms with Crippen LogP contribution in [0.2, 0.25) is 0 Å². The molecule has 9 heteroatoms. The summed E-state index contributed by atoms with van der Waals surface area (Å²) in [6.45, 7) is 6.19. The summed E-state index contributed by atoms with van der Waals surface area (Å²) < 4.78 is 29.1. The fourth-order valence-corrected chi connectivity index (χ4v) is 3.76. The van der Waals surface area contributed by atoms with Crippen molar-refractivity contribution in [1.82, 2.24) is 24.2 Å². The highest BCUT2D eigenvalue weighted by Gasteiger charge is 2.13. The molecule has 0 saturated heterocycles. The number of nitrogens with one attached hydrogen (secondary N) is 2. The van der Waals surface area contributed by atoms with Gasteiger partial charge in [0, 0.05) is 31.5 Å². The summed E-state index contributed by atoms with van der Waals surface area (Å²) in [4.78, 5) is 13.2. The summed E-state index contributed by atoms with van der Waals surface area (Å²) in [5.41, 5.74) is 0.898. The van der Waals surface area contributed by atoms with Gasteiger partial charge >= 0.3 is 0 Å². The molecular formula is C18H22N6O2S. The molecule has 0 radical (unpaired) electrons. The molecule has 8 nitrogen and oxygen atoms in total. The molecule has 0 spiro atoms. The average Bonchev–Trinajstić information content (AvgIpc) is 3.04. The number of aryl methyl sites for hydroxylation is 3. The van der Waals surface area contributed by atoms with Gasteiger partial charge in [0.15, 0.2) is 0 Å². The molecule has 142 valence electrons. The third kappa shape index (κ3) is 4.69. The van der Waals surface area contributed by atoms with Crippen molar-refractivity contribution in [3.8, 4) is 5.82 Å². The fraction of sp³-hybridized carbons (Fsp3) is 0.278. The quantitative estimate of drug-likeness (QED) is 0.602. The Morgan fingerprint density at radius 1 is 1.07 bits per heavy atom. The Hall–Kier alpha value is -2.78. The van der Waals surface area contributed by atoms with E-state index in [9.17, 15) is 8.42 Å². The molecule has 2 N–H and O–H groups in total. The van der Waals surface area contributed by atoms with Gasteiger partial charge in [-0.25, -0.2) is 28.1 Å². The summed E-state index contributed by atoms with van der Waals surface area (Å²) >= 11 is 0. The van der Waals surface area contributed by atoms with Crippen molar-refractivity contribution in [3.63, 3.8) is 0 Å². The zero-order chi connectivity index (χ0) is 19.4. The average molecular weight is 386 g/mol. The minimum atomic E-state index is -3.53. The van der Waals surface area contributed by atoms with E-state index < -0.39 is 10.0 Å². The number of anilines is 1. The number of sulfonamides is 1. The maximum Gasteiger partial charge on any atom is 0.240 e. The lowest BCUT2D eigenvalue weighted by Crippen LogP contribution is -2.29. The third-order valence-corrected chi connectivity index (χ3v) is 5.38. The molecule has 2 aromatic heterocycles. The van der Waals surface area contributed by atoms with Gasteiger partial charge in [-0.15, -0.1) is 0 Å². The first kappa shape index (κ1) is 19.0. The van der Waals surface area contributed by atoms with Gasteiger partial charge in [-0.3, -0.25) is 4.57 Å². The third-order valence-electron chi connectivity index (χ3n) is 3.92. The normalized spacial score (nSPS) is 11.5. The number of hydrogen-bond donors (Lipinski definition) is 2. The summed E-state index contributed by atoms with van der Waals surface area (Å²) in [5, 5.41) is 3.13. The van der Waals surface area contributed by atoms with E-state index in [0.29, 0.717) is 24.0 Å². The van der Waals surface area contributed by atoms with Crippen molar-refractivity contribution >= 4 is 15.8 Å². The van der Waals surface area contributed by atoms with Crippen LogP contribution in [-0.4, -0.2) is 41.0 Å². The van der Waals surface area contributed by atoms with E-state index in [2.05, 4.69) is 25.0 Å². The van der Waals surface area contributed by atoms with Gasteiger partial charge in [-0.2, -0.15) is 0 Å². The minimum absolute atomic E-state index is 0.235. The predicted molar refractivity (Wildman–Crippen MR) is 103 cm³/mol. The van der Waals surface area contributed by atoms with Crippen molar-refractivity contribution in [2.75, 3.05) is 18.4 Å². The second kappa shape index (κ2) is 7.85. The highest BCUT2D eigenvalue weighted by molar-refractivity contribution is 7.89. The summed E-state index contributed by atoms with van der Waals surface area (Å²) in [7, 11) is -3.53. The van der Waals surface area contributed by atoms with Gasteiger partial charge in [0.1, 0.15) is 23.3 Å². The molecule has 0 aliphatic heterocycles. The van der Waals surface area contributed by atoms with Crippen molar-refractivity contribution in [1.29, 1.82) is 0 Å². The van der Waals surface area contributed by atoms with Crippen LogP contribution in [0.4, 0.5) is 5.82 Å². The second-order valence-corrected chi connectivity index (χ2v) is 7.91. The molecule has 0 unspecified atom stereocenters. The number of rotatable bonds is 7. The van der Waals surface area contributed by atoms with E-state index in [4.69, 9.17) is 0 Å². The standard InChI is InChI=1S/C18H22N6O2S/c1-13-5-4-6-16(11-13)27(25,26)21-8-7-20-17-12-18(23-14(2)22-17)24-10-9-19-15(24)3/h4-6,9-12,21H,7-8H2,1-3H3,(H,20,22,23). The van der Waals surface area contributed by atoms with Gasteiger partial charge < -0.3 is 5.32 Å². The van der Waals surface area contributed by atoms with Crippen LogP contribution in [0.1, 0.15) is 17.2 Å². The number of hydrogen-bond acceptors (Lipinski definition) is 6. The van der Waals surface area contributed by atoms with Crippen LogP contribution >= 0.6 is 0 Å². The smallest absolute Gasteiger partial charge is 0.240 e. The van der Waals surface area contributed by atoms with Crippen LogP contribution in [0, 0.1) is 20.8 Å². The number of nitrogens with zero attached hydrogens (tertiary/aromatic N) is 4. The van der Waals surface area contributed by atoms with Gasteiger partial charge in [-0.05, 0) is 38.5 Å². The van der Waals surface area contributed by atoms with Gasteiger partial charge in [0.25, 0.3) is 0 Å². The zero-order valence-electron chi connectivity index (χ0n) is 15.5. The monoisotopic (exact) mass is 386 g/mol. The number of imidazole rings is 1. The largest absolute Gasteiger partial charge is 0.369 e. The van der Waals surface area contributed by atoms with E-state index in [1.807, 2.05) is 30.7 Å². The van der Waals surface area contributed by atoms with E-state index >= 15 is 0 Å². The summed E-state index contributed by atoms with van der Waals surface area (Å²) in [6, 6.07) is 8.61. The van der Waals surface area contributed by atoms with Gasteiger partial charge in [0.05, 0.1) is 4.90 Å². The lowest BCUT2D eigenvalue weighted by Gasteiger charge is -2.11. The molecule has 0 fully saturated rings. The molecule has 2 heterocycles. The fourth-order valence-electron chi connectivity index (χ4n) is 2.63. The summed E-state index contributed by atoms with van der Waals surface area (Å²) in [6.07, 6.45) is 3.54. The van der Waals surface area contributed by atoms with Crippen LogP contribution < -0.4 is 10.0 Å². The lowest BCUT2D eigenvalue weighted by atomic mass is 10.2. The van der Waals surface area contributed by atoms with E-state index in [1.165, 1.54) is 0 Å². The molecule has 1 aromatic carbocycles. The van der Waals surface area contributed by atoms with Crippen LogP contribution in [0.25, 0.3) is 5.82 Å². The van der Waals surface area contributed by atoms with E-state index in [1.54, 1.807) is 37.4 Å². The Bertz CT molecular complexity index is 1050. The Kier molecular flexibility index (Phi) is 5.52. The Balaban J connectivity index is 1.63. The van der Waals surface area contributed by atoms with Crippen LogP contribution in [0.3, 0.4) is 0 Å². The molecule has 27 heavy (non-hydrogen) atoms. The van der Waals surface area contributed by atoms with Crippen LogP contribution in [0.15, 0.2) is 47.6 Å². The molecular weight excluding hydrogens is 364 g/mol. The number of aromatic nitrogens is 4. The summed E-state index contributed by atoms with van der Waals surface area (Å²) in [5.74, 6) is 2.77. The van der Waals surface area contributed by atoms with Crippen molar-refractivity contribution in [2.24, 2.45) is 0 Å². The van der Waals surface area contributed by atoms with Crippen molar-refractivity contribution < 1.29 is 8.42 Å².